The Kier molecular flexibility index (Phi) is 6.61. The van der Waals surface area contributed by atoms with E-state index in [1.165, 1.54) is 0 Å². The van der Waals surface area contributed by atoms with Crippen LogP contribution in [0.25, 0.3) is 5.65 Å². The second-order valence-electron chi connectivity index (χ2n) is 7.77. The van der Waals surface area contributed by atoms with Gasteiger partial charge in [-0.1, -0.05) is 18.2 Å². The quantitative estimate of drug-likeness (QED) is 0.579. The van der Waals surface area contributed by atoms with E-state index in [2.05, 4.69) is 30.7 Å². The SMILES string of the molecule is Cc1cccc(OCCNC(=O)CN2CCN(Cc3cn4ccccc4n3)CC2)c1. The molecule has 4 rings (SSSR count). The van der Waals surface area contributed by atoms with Crippen molar-refractivity contribution in [1.29, 1.82) is 0 Å². The van der Waals surface area contributed by atoms with Gasteiger partial charge in [-0.3, -0.25) is 14.6 Å². The van der Waals surface area contributed by atoms with Crippen LogP contribution in [0.3, 0.4) is 0 Å². The number of carbonyl (C=O) groups excluding carboxylic acids is 1. The van der Waals surface area contributed by atoms with Gasteiger partial charge in [-0.05, 0) is 36.8 Å². The highest BCUT2D eigenvalue weighted by Crippen LogP contribution is 2.12. The van der Waals surface area contributed by atoms with Crippen LogP contribution < -0.4 is 10.1 Å². The first-order chi connectivity index (χ1) is 14.7. The molecule has 1 aliphatic heterocycles. The smallest absolute Gasteiger partial charge is 0.234 e. The van der Waals surface area contributed by atoms with Crippen LogP contribution in [0.2, 0.25) is 0 Å². The topological polar surface area (TPSA) is 62.1 Å². The van der Waals surface area contributed by atoms with E-state index in [9.17, 15) is 4.79 Å². The molecule has 7 nitrogen and oxygen atoms in total. The maximum atomic E-state index is 12.2. The van der Waals surface area contributed by atoms with Crippen molar-refractivity contribution in [3.05, 3.63) is 66.1 Å². The summed E-state index contributed by atoms with van der Waals surface area (Å²) in [6.45, 7) is 7.97. The molecule has 7 heteroatoms. The summed E-state index contributed by atoms with van der Waals surface area (Å²) >= 11 is 0. The van der Waals surface area contributed by atoms with E-state index in [-0.39, 0.29) is 5.91 Å². The highest BCUT2D eigenvalue weighted by Gasteiger charge is 2.19. The molecular formula is C23H29N5O2. The monoisotopic (exact) mass is 407 g/mol. The largest absolute Gasteiger partial charge is 0.492 e. The first-order valence-electron chi connectivity index (χ1n) is 10.5. The molecule has 3 aromatic rings. The Hall–Kier alpha value is -2.90. The molecule has 1 aliphatic rings. The molecule has 0 spiro atoms. The van der Waals surface area contributed by atoms with Crippen LogP contribution in [0, 0.1) is 6.92 Å². The van der Waals surface area contributed by atoms with E-state index in [0.717, 1.165) is 55.4 Å². The number of nitrogens with zero attached hydrogens (tertiary/aromatic N) is 4. The maximum absolute atomic E-state index is 12.2. The minimum absolute atomic E-state index is 0.0524. The van der Waals surface area contributed by atoms with E-state index in [4.69, 9.17) is 4.74 Å². The van der Waals surface area contributed by atoms with Crippen molar-refractivity contribution >= 4 is 11.6 Å². The number of benzene rings is 1. The van der Waals surface area contributed by atoms with E-state index >= 15 is 0 Å². The van der Waals surface area contributed by atoms with E-state index < -0.39 is 0 Å². The number of aromatic nitrogens is 2. The third-order valence-electron chi connectivity index (χ3n) is 5.31. The number of hydrogen-bond donors (Lipinski definition) is 1. The lowest BCUT2D eigenvalue weighted by Crippen LogP contribution is -2.49. The fourth-order valence-electron chi connectivity index (χ4n) is 3.72. The van der Waals surface area contributed by atoms with Crippen molar-refractivity contribution in [2.75, 3.05) is 45.9 Å². The molecule has 3 heterocycles. The number of fused-ring (bicyclic) bond motifs is 1. The molecule has 1 N–H and O–H groups in total. The van der Waals surface area contributed by atoms with E-state index in [1.54, 1.807) is 0 Å². The van der Waals surface area contributed by atoms with Crippen LogP contribution in [0.4, 0.5) is 0 Å². The zero-order chi connectivity index (χ0) is 20.8. The van der Waals surface area contributed by atoms with Gasteiger partial charge in [0.05, 0.1) is 18.8 Å². The Labute approximate surface area is 177 Å². The number of pyridine rings is 1. The second-order valence-corrected chi connectivity index (χ2v) is 7.77. The van der Waals surface area contributed by atoms with Crippen LogP contribution in [0.15, 0.2) is 54.9 Å². The molecule has 0 saturated carbocycles. The van der Waals surface area contributed by atoms with Gasteiger partial charge < -0.3 is 14.5 Å². The summed E-state index contributed by atoms with van der Waals surface area (Å²) < 4.78 is 7.73. The standard InChI is InChI=1S/C23H29N5O2/c1-19-5-4-6-21(15-19)30-14-8-24-23(29)18-27-12-10-26(11-13-27)16-20-17-28-9-3-2-7-22(28)25-20/h2-7,9,15,17H,8,10-14,16,18H2,1H3,(H,24,29). The first-order valence-corrected chi connectivity index (χ1v) is 10.5. The van der Waals surface area contributed by atoms with Gasteiger partial charge in [0.25, 0.3) is 0 Å². The number of aryl methyl sites for hydroxylation is 1. The molecule has 30 heavy (non-hydrogen) atoms. The second kappa shape index (κ2) is 9.73. The molecule has 0 atom stereocenters. The lowest BCUT2D eigenvalue weighted by Gasteiger charge is -2.33. The Bertz CT molecular complexity index is 945. The van der Waals surface area contributed by atoms with Gasteiger partial charge in [0.1, 0.15) is 18.0 Å². The van der Waals surface area contributed by atoms with Crippen molar-refractivity contribution in [3.8, 4) is 5.75 Å². The van der Waals surface area contributed by atoms with Crippen LogP contribution in [0.5, 0.6) is 5.75 Å². The number of amides is 1. The molecule has 0 radical (unpaired) electrons. The van der Waals surface area contributed by atoms with Gasteiger partial charge in [0, 0.05) is 45.1 Å². The Balaban J connectivity index is 1.13. The molecule has 1 fully saturated rings. The highest BCUT2D eigenvalue weighted by atomic mass is 16.5. The molecule has 1 amide bonds. The fraction of sp³-hybridized carbons (Fsp3) is 0.391. The number of piperazine rings is 1. The Morgan fingerprint density at radius 3 is 2.73 bits per heavy atom. The summed E-state index contributed by atoms with van der Waals surface area (Å²) in [5.41, 5.74) is 3.23. The summed E-state index contributed by atoms with van der Waals surface area (Å²) in [5, 5.41) is 2.95. The Morgan fingerprint density at radius 1 is 1.10 bits per heavy atom. The van der Waals surface area contributed by atoms with Crippen LogP contribution in [-0.4, -0.2) is 71.0 Å². The molecule has 0 unspecified atom stereocenters. The lowest BCUT2D eigenvalue weighted by atomic mass is 10.2. The Morgan fingerprint density at radius 2 is 1.93 bits per heavy atom. The van der Waals surface area contributed by atoms with Crippen molar-refractivity contribution < 1.29 is 9.53 Å². The number of nitrogens with one attached hydrogen (secondary N) is 1. The van der Waals surface area contributed by atoms with Gasteiger partial charge in [-0.15, -0.1) is 0 Å². The first kappa shape index (κ1) is 20.4. The number of hydrogen-bond acceptors (Lipinski definition) is 5. The van der Waals surface area contributed by atoms with Gasteiger partial charge in [0.2, 0.25) is 5.91 Å². The highest BCUT2D eigenvalue weighted by molar-refractivity contribution is 5.78. The molecular weight excluding hydrogens is 378 g/mol. The number of ether oxygens (including phenoxy) is 1. The van der Waals surface area contributed by atoms with Crippen LogP contribution >= 0.6 is 0 Å². The minimum atomic E-state index is 0.0524. The van der Waals surface area contributed by atoms with Crippen LogP contribution in [-0.2, 0) is 11.3 Å². The third kappa shape index (κ3) is 5.58. The minimum Gasteiger partial charge on any atom is -0.492 e. The molecule has 158 valence electrons. The van der Waals surface area contributed by atoms with Crippen molar-refractivity contribution in [1.82, 2.24) is 24.5 Å². The normalized spacial score (nSPS) is 15.4. The molecule has 0 bridgehead atoms. The van der Waals surface area contributed by atoms with Gasteiger partial charge in [0.15, 0.2) is 0 Å². The zero-order valence-corrected chi connectivity index (χ0v) is 17.5. The predicted octanol–water partition coefficient (Wildman–Crippen LogP) is 1.96. The fourth-order valence-corrected chi connectivity index (χ4v) is 3.72. The summed E-state index contributed by atoms with van der Waals surface area (Å²) in [4.78, 5) is 21.5. The van der Waals surface area contributed by atoms with Crippen molar-refractivity contribution in [2.45, 2.75) is 13.5 Å². The summed E-state index contributed by atoms with van der Waals surface area (Å²) in [5.74, 6) is 0.891. The zero-order valence-electron chi connectivity index (χ0n) is 17.5. The average Bonchev–Trinajstić information content (AvgIpc) is 3.15. The molecule has 0 aliphatic carbocycles. The average molecular weight is 408 g/mol. The maximum Gasteiger partial charge on any atom is 0.234 e. The predicted molar refractivity (Wildman–Crippen MR) is 117 cm³/mol. The summed E-state index contributed by atoms with van der Waals surface area (Å²) in [7, 11) is 0. The van der Waals surface area contributed by atoms with Gasteiger partial charge >= 0.3 is 0 Å². The third-order valence-corrected chi connectivity index (χ3v) is 5.31. The number of rotatable bonds is 8. The van der Waals surface area contributed by atoms with Crippen molar-refractivity contribution in [3.63, 3.8) is 0 Å². The van der Waals surface area contributed by atoms with Crippen molar-refractivity contribution in [2.24, 2.45) is 0 Å². The van der Waals surface area contributed by atoms with Gasteiger partial charge in [-0.2, -0.15) is 0 Å². The summed E-state index contributed by atoms with van der Waals surface area (Å²) in [6, 6.07) is 14.0. The molecule has 2 aromatic heterocycles. The van der Waals surface area contributed by atoms with E-state index in [1.807, 2.05) is 55.6 Å². The molecule has 1 aromatic carbocycles. The lowest BCUT2D eigenvalue weighted by molar-refractivity contribution is -0.122. The number of imidazole rings is 1. The van der Waals surface area contributed by atoms with Gasteiger partial charge in [-0.25, -0.2) is 4.98 Å². The summed E-state index contributed by atoms with van der Waals surface area (Å²) in [6.07, 6.45) is 4.11. The van der Waals surface area contributed by atoms with Crippen LogP contribution in [0.1, 0.15) is 11.3 Å². The molecule has 1 saturated heterocycles. The number of carbonyl (C=O) groups is 1. The van der Waals surface area contributed by atoms with E-state index in [0.29, 0.717) is 19.7 Å².